The number of carbonyl (C=O) groups excluding carboxylic acids is 1. The molecule has 0 spiro atoms. The fourth-order valence-corrected chi connectivity index (χ4v) is 6.43. The van der Waals surface area contributed by atoms with E-state index in [1.165, 1.54) is 50.6 Å². The molecule has 4 aliphatic rings. The number of carboxylic acids is 1. The molecule has 7 N–H and O–H groups in total. The van der Waals surface area contributed by atoms with E-state index in [-0.39, 0.29) is 40.9 Å². The largest absolute Gasteiger partial charge is 1.00 e. The second-order valence-corrected chi connectivity index (χ2v) is 16.8. The summed E-state index contributed by atoms with van der Waals surface area (Å²) in [5.74, 6) is -9.13. The number of methoxy groups -OCH3 is 2. The number of halogens is 11. The van der Waals surface area contributed by atoms with E-state index in [9.17, 15) is 53.5 Å². The van der Waals surface area contributed by atoms with Gasteiger partial charge in [-0.25, -0.2) is 17.6 Å². The molecule has 1 unspecified atom stereocenters. The molecule has 0 aromatic heterocycles. The first-order valence-electron chi connectivity index (χ1n) is 20.2. The molecule has 4 aliphatic carbocycles. The maximum atomic E-state index is 14.5. The van der Waals surface area contributed by atoms with Gasteiger partial charge in [0.2, 0.25) is 11.8 Å². The Hall–Kier alpha value is -4.57. The van der Waals surface area contributed by atoms with Crippen LogP contribution in [0.3, 0.4) is 0 Å². The molecular weight excluding hydrogens is 894 g/mol. The van der Waals surface area contributed by atoms with Crippen molar-refractivity contribution in [2.75, 3.05) is 14.2 Å². The number of rotatable bonds is 19. The van der Waals surface area contributed by atoms with E-state index in [0.29, 0.717) is 50.0 Å². The lowest BCUT2D eigenvalue weighted by Gasteiger charge is -2.30. The summed E-state index contributed by atoms with van der Waals surface area (Å²) >= 11 is 0. The minimum Gasteiger partial charge on any atom is -1.00 e. The zero-order chi connectivity index (χ0) is 47.0. The molecule has 0 saturated heterocycles. The zero-order valence-electron chi connectivity index (χ0n) is 34.9. The lowest BCUT2D eigenvalue weighted by molar-refractivity contribution is -0.417. The van der Waals surface area contributed by atoms with Crippen molar-refractivity contribution in [3.63, 3.8) is 0 Å². The van der Waals surface area contributed by atoms with Gasteiger partial charge in [0.1, 0.15) is 41.2 Å². The number of hydrogen-bond acceptors (Lipinski definition) is 8. The number of quaternary nitrogens is 1. The molecule has 4 fully saturated rings. The second kappa shape index (κ2) is 21.6. The summed E-state index contributed by atoms with van der Waals surface area (Å²) in [7, 11) is 2.70. The van der Waals surface area contributed by atoms with Crippen LogP contribution in [-0.4, -0.2) is 78.6 Å². The number of benzene rings is 2. The van der Waals surface area contributed by atoms with Crippen LogP contribution in [0.4, 0.5) is 43.9 Å². The summed E-state index contributed by atoms with van der Waals surface area (Å²) in [6, 6.07) is 5.18. The fraction of sp³-hybridized carbons (Fsp3) is 0.619. The predicted octanol–water partition coefficient (Wildman–Crippen LogP) is 4.71. The van der Waals surface area contributed by atoms with Crippen LogP contribution in [0.5, 0.6) is 11.5 Å². The molecule has 356 valence electrons. The standard InChI is InChI=1S/C21H24F5N3O2.C17H20F5NO3.C4H6N2.ClH/c1-31-15-6-4-14(5-7-15)17(21(24,25)26)28-16(11-20(22,23)10-13-2-3-13)18(30)29-19(12-27)8-9-19;1-26-12-6-4-11(5-7-12)14(17(20,21)22)23-13(15(24)25)9-16(18,19)8-10-2-3-10;5-3-4(6)1-2-4;/h4-7,13,16-17,28H,2-3,8-11H2,1H3,(H,29,30);4-7,10,13-14,23H,2-3,8-9H2,1H3,(H,24,25);1-2,6H2;1H/t16-,17-;13-,14?;;/m00../s1. The third-order valence-corrected chi connectivity index (χ3v) is 10.9. The van der Waals surface area contributed by atoms with Crippen molar-refractivity contribution in [3.05, 3.63) is 59.7 Å². The lowest BCUT2D eigenvalue weighted by atomic mass is 9.99. The molecule has 6 rings (SSSR count). The van der Waals surface area contributed by atoms with Crippen molar-refractivity contribution in [3.8, 4) is 23.6 Å². The van der Waals surface area contributed by atoms with Crippen LogP contribution < -0.4 is 43.6 Å². The molecule has 4 saturated carbocycles. The molecule has 2 aromatic rings. The lowest BCUT2D eigenvalue weighted by Crippen LogP contribution is -3.00. The summed E-state index contributed by atoms with van der Waals surface area (Å²) in [4.78, 5) is 24.0. The first kappa shape index (κ1) is 53.8. The zero-order valence-corrected chi connectivity index (χ0v) is 35.7. The first-order valence-corrected chi connectivity index (χ1v) is 20.2. The average Bonchev–Trinajstić information content (AvgIpc) is 3.97. The minimum absolute atomic E-state index is 0. The van der Waals surface area contributed by atoms with Gasteiger partial charge in [-0.15, -0.1) is 0 Å². The fourth-order valence-electron chi connectivity index (χ4n) is 6.43. The van der Waals surface area contributed by atoms with Crippen molar-refractivity contribution < 1.29 is 86.2 Å². The van der Waals surface area contributed by atoms with Gasteiger partial charge in [-0.1, -0.05) is 24.3 Å². The van der Waals surface area contributed by atoms with Crippen LogP contribution >= 0.6 is 0 Å². The number of nitrogens with one attached hydrogen (secondary N) is 3. The van der Waals surface area contributed by atoms with Gasteiger partial charge in [-0.3, -0.25) is 20.2 Å². The normalized spacial score (nSPS) is 19.1. The number of amides is 1. The van der Waals surface area contributed by atoms with E-state index < -0.39 is 91.5 Å². The van der Waals surface area contributed by atoms with Crippen molar-refractivity contribution >= 4 is 11.9 Å². The highest BCUT2D eigenvalue weighted by Gasteiger charge is 2.51. The SMILES string of the molecule is COc1ccc(C(N[C@@H](CC(F)(F)CC2CC2)C(=O)O)C(F)(F)F)cc1.COc1ccc([C@H](N[C@@H](CC(F)(F)CC2CC2)C(=O)NC2(C#N)CC2)C(F)(F)F)cc1.N#CC1([NH3+])CC1.[Cl-]. The Morgan fingerprint density at radius 1 is 0.703 bits per heavy atom. The molecule has 64 heavy (non-hydrogen) atoms. The number of carboxylic acid groups (broad SMARTS) is 1. The van der Waals surface area contributed by atoms with Crippen LogP contribution in [0.2, 0.25) is 0 Å². The van der Waals surface area contributed by atoms with Gasteiger partial charge in [0.25, 0.3) is 5.92 Å². The van der Waals surface area contributed by atoms with E-state index in [1.54, 1.807) is 0 Å². The second-order valence-electron chi connectivity index (χ2n) is 16.8. The molecular formula is C42H51ClF10N6O5. The van der Waals surface area contributed by atoms with Crippen molar-refractivity contribution in [2.24, 2.45) is 11.8 Å². The van der Waals surface area contributed by atoms with Crippen LogP contribution in [0.25, 0.3) is 0 Å². The van der Waals surface area contributed by atoms with Crippen LogP contribution in [0, 0.1) is 34.5 Å². The minimum atomic E-state index is -4.85. The summed E-state index contributed by atoms with van der Waals surface area (Å²) in [6.07, 6.45) is -7.70. The Kier molecular flexibility index (Phi) is 18.2. The molecule has 1 amide bonds. The van der Waals surface area contributed by atoms with Crippen molar-refractivity contribution in [2.45, 2.75) is 136 Å². The van der Waals surface area contributed by atoms with E-state index in [4.69, 9.17) is 25.1 Å². The molecule has 0 heterocycles. The highest BCUT2D eigenvalue weighted by molar-refractivity contribution is 5.83. The number of ether oxygens (including phenoxy) is 2. The monoisotopic (exact) mass is 944 g/mol. The predicted molar refractivity (Wildman–Crippen MR) is 205 cm³/mol. The Morgan fingerprint density at radius 2 is 1.08 bits per heavy atom. The van der Waals surface area contributed by atoms with Crippen LogP contribution in [-0.2, 0) is 9.59 Å². The number of nitriles is 2. The Labute approximate surface area is 369 Å². The van der Waals surface area contributed by atoms with E-state index in [2.05, 4.69) is 22.4 Å². The maximum absolute atomic E-state index is 14.5. The number of carbonyl (C=O) groups is 2. The quantitative estimate of drug-likeness (QED) is 0.125. The molecule has 0 aliphatic heterocycles. The van der Waals surface area contributed by atoms with Crippen molar-refractivity contribution in [1.82, 2.24) is 16.0 Å². The van der Waals surface area contributed by atoms with Gasteiger partial charge in [0.15, 0.2) is 5.54 Å². The smallest absolute Gasteiger partial charge is 0.407 e. The summed E-state index contributed by atoms with van der Waals surface area (Å²) < 4.78 is 148. The van der Waals surface area contributed by atoms with Gasteiger partial charge < -0.3 is 38.0 Å². The van der Waals surface area contributed by atoms with E-state index in [1.807, 2.05) is 11.4 Å². The summed E-state index contributed by atoms with van der Waals surface area (Å²) in [5, 5.41) is 32.8. The summed E-state index contributed by atoms with van der Waals surface area (Å²) in [5.41, 5.74) is 1.78. The summed E-state index contributed by atoms with van der Waals surface area (Å²) in [6.45, 7) is 0. The Morgan fingerprint density at radius 3 is 1.34 bits per heavy atom. The molecule has 11 nitrogen and oxygen atoms in total. The third kappa shape index (κ3) is 17.4. The van der Waals surface area contributed by atoms with Gasteiger partial charge in [-0.05, 0) is 85.8 Å². The van der Waals surface area contributed by atoms with E-state index >= 15 is 0 Å². The third-order valence-electron chi connectivity index (χ3n) is 10.9. The highest BCUT2D eigenvalue weighted by Crippen LogP contribution is 2.44. The Bertz CT molecular complexity index is 1930. The van der Waals surface area contributed by atoms with Crippen LogP contribution in [0.15, 0.2) is 48.5 Å². The van der Waals surface area contributed by atoms with E-state index in [0.717, 1.165) is 25.0 Å². The topological polar surface area (TPSA) is 184 Å². The molecule has 0 bridgehead atoms. The average molecular weight is 945 g/mol. The first-order chi connectivity index (χ1) is 29.2. The number of aliphatic carboxylic acids is 1. The van der Waals surface area contributed by atoms with Gasteiger partial charge in [0.05, 0.1) is 26.3 Å². The maximum Gasteiger partial charge on any atom is 0.407 e. The van der Waals surface area contributed by atoms with Gasteiger partial charge in [0, 0.05) is 38.5 Å². The number of hydrogen-bond donors (Lipinski definition) is 5. The molecule has 4 atom stereocenters. The number of alkyl halides is 10. The van der Waals surface area contributed by atoms with Crippen LogP contribution in [0.1, 0.15) is 100 Å². The van der Waals surface area contributed by atoms with Gasteiger partial charge in [-0.2, -0.15) is 36.9 Å². The highest BCUT2D eigenvalue weighted by atomic mass is 35.5. The van der Waals surface area contributed by atoms with Crippen molar-refractivity contribution in [1.29, 1.82) is 10.5 Å². The Balaban J connectivity index is 0.000000299. The molecule has 22 heteroatoms. The van der Waals surface area contributed by atoms with Gasteiger partial charge >= 0.3 is 18.3 Å². The number of nitrogens with zero attached hydrogens (tertiary/aromatic N) is 2. The molecule has 0 radical (unpaired) electrons. The molecule has 2 aromatic carbocycles.